The zero-order chi connectivity index (χ0) is 20.6. The van der Waals surface area contributed by atoms with Crippen LogP contribution in [0.4, 0.5) is 5.95 Å². The molecule has 3 aromatic rings. The van der Waals surface area contributed by atoms with Crippen molar-refractivity contribution >= 4 is 17.9 Å². The molecular formula is C21H22N4O4. The Bertz CT molecular complexity index is 974. The summed E-state index contributed by atoms with van der Waals surface area (Å²) in [5.41, 5.74) is 1.81. The summed E-state index contributed by atoms with van der Waals surface area (Å²) in [5, 5.41) is 6.90. The predicted molar refractivity (Wildman–Crippen MR) is 109 cm³/mol. The molecule has 29 heavy (non-hydrogen) atoms. The van der Waals surface area contributed by atoms with E-state index in [2.05, 4.69) is 15.4 Å². The van der Waals surface area contributed by atoms with Crippen molar-refractivity contribution in [3.05, 3.63) is 66.0 Å². The largest absolute Gasteiger partial charge is 0.493 e. The van der Waals surface area contributed by atoms with Crippen LogP contribution in [0, 0.1) is 0 Å². The van der Waals surface area contributed by atoms with Crippen LogP contribution in [0.25, 0.3) is 6.08 Å². The number of methoxy groups -OCH3 is 3. The maximum absolute atomic E-state index is 12.2. The van der Waals surface area contributed by atoms with Gasteiger partial charge in [-0.25, -0.2) is 9.67 Å². The lowest BCUT2D eigenvalue weighted by atomic mass is 10.1. The van der Waals surface area contributed by atoms with Crippen molar-refractivity contribution in [2.75, 3.05) is 26.6 Å². The average molecular weight is 394 g/mol. The summed E-state index contributed by atoms with van der Waals surface area (Å²) in [6, 6.07) is 13.4. The first kappa shape index (κ1) is 19.9. The van der Waals surface area contributed by atoms with E-state index in [4.69, 9.17) is 14.2 Å². The summed E-state index contributed by atoms with van der Waals surface area (Å²) in [6.45, 7) is 0.574. The molecule has 0 atom stereocenters. The number of aromatic nitrogens is 3. The molecule has 0 spiro atoms. The van der Waals surface area contributed by atoms with Crippen LogP contribution in [0.5, 0.6) is 17.2 Å². The first-order valence-electron chi connectivity index (χ1n) is 8.85. The SMILES string of the molecule is COc1cc(/C=C/C(=O)Nc2ncn(Cc3ccccc3)n2)cc(OC)c1OC. The van der Waals surface area contributed by atoms with Crippen LogP contribution in [0.1, 0.15) is 11.1 Å². The van der Waals surface area contributed by atoms with Crippen molar-refractivity contribution in [3.8, 4) is 17.2 Å². The number of hydrogen-bond acceptors (Lipinski definition) is 6. The molecule has 0 unspecified atom stereocenters. The molecule has 8 heteroatoms. The molecule has 3 rings (SSSR count). The van der Waals surface area contributed by atoms with Crippen molar-refractivity contribution in [2.45, 2.75) is 6.54 Å². The number of carbonyl (C=O) groups is 1. The standard InChI is InChI=1S/C21H22N4O4/c1-27-17-11-16(12-18(28-2)20(17)29-3)9-10-19(26)23-21-22-14-25(24-21)13-15-7-5-4-6-8-15/h4-12,14H,13H2,1-3H3,(H,23,24,26)/b10-9+. The summed E-state index contributed by atoms with van der Waals surface area (Å²) < 4.78 is 17.6. The Morgan fingerprint density at radius 1 is 1.07 bits per heavy atom. The van der Waals surface area contributed by atoms with Crippen LogP contribution in [0.15, 0.2) is 54.9 Å². The molecule has 0 radical (unpaired) electrons. The van der Waals surface area contributed by atoms with Crippen LogP contribution in [0.2, 0.25) is 0 Å². The fourth-order valence-electron chi connectivity index (χ4n) is 2.72. The van der Waals surface area contributed by atoms with Crippen molar-refractivity contribution < 1.29 is 19.0 Å². The minimum absolute atomic E-state index is 0.237. The summed E-state index contributed by atoms with van der Waals surface area (Å²) in [7, 11) is 4.61. The van der Waals surface area contributed by atoms with Crippen molar-refractivity contribution in [3.63, 3.8) is 0 Å². The van der Waals surface area contributed by atoms with E-state index in [1.807, 2.05) is 30.3 Å². The number of benzene rings is 2. The summed E-state index contributed by atoms with van der Waals surface area (Å²) in [5.74, 6) is 1.39. The van der Waals surface area contributed by atoms with Gasteiger partial charge in [-0.1, -0.05) is 30.3 Å². The zero-order valence-corrected chi connectivity index (χ0v) is 16.5. The molecular weight excluding hydrogens is 372 g/mol. The average Bonchev–Trinajstić information content (AvgIpc) is 3.18. The molecule has 0 bridgehead atoms. The third-order valence-electron chi connectivity index (χ3n) is 4.07. The third-order valence-corrected chi connectivity index (χ3v) is 4.07. The van der Waals surface area contributed by atoms with Crippen molar-refractivity contribution in [1.29, 1.82) is 0 Å². The highest BCUT2D eigenvalue weighted by atomic mass is 16.5. The molecule has 1 amide bonds. The number of rotatable bonds is 8. The third kappa shape index (κ3) is 5.13. The topological polar surface area (TPSA) is 87.5 Å². The zero-order valence-electron chi connectivity index (χ0n) is 16.5. The van der Waals surface area contributed by atoms with Gasteiger partial charge in [0.2, 0.25) is 11.7 Å². The summed E-state index contributed by atoms with van der Waals surface area (Å²) in [4.78, 5) is 16.3. The van der Waals surface area contributed by atoms with E-state index in [-0.39, 0.29) is 11.9 Å². The fourth-order valence-corrected chi connectivity index (χ4v) is 2.72. The van der Waals surface area contributed by atoms with Crippen molar-refractivity contribution in [1.82, 2.24) is 14.8 Å². The van der Waals surface area contributed by atoms with Gasteiger partial charge < -0.3 is 14.2 Å². The van der Waals surface area contributed by atoms with Gasteiger partial charge in [-0.05, 0) is 29.3 Å². The van der Waals surface area contributed by atoms with Gasteiger partial charge in [0.25, 0.3) is 5.91 Å². The minimum atomic E-state index is -0.351. The van der Waals surface area contributed by atoms with E-state index in [1.165, 1.54) is 27.4 Å². The summed E-state index contributed by atoms with van der Waals surface area (Å²) >= 11 is 0. The second kappa shape index (κ2) is 9.41. The van der Waals surface area contributed by atoms with Gasteiger partial charge in [0.15, 0.2) is 11.5 Å². The van der Waals surface area contributed by atoms with E-state index in [1.54, 1.807) is 29.2 Å². The van der Waals surface area contributed by atoms with Gasteiger partial charge in [-0.2, -0.15) is 0 Å². The first-order chi connectivity index (χ1) is 14.1. The van der Waals surface area contributed by atoms with Crippen molar-refractivity contribution in [2.24, 2.45) is 0 Å². The van der Waals surface area contributed by atoms with Crippen LogP contribution in [0.3, 0.4) is 0 Å². The molecule has 1 heterocycles. The lowest BCUT2D eigenvalue weighted by molar-refractivity contribution is -0.111. The quantitative estimate of drug-likeness (QED) is 0.591. The fraction of sp³-hybridized carbons (Fsp3) is 0.190. The van der Waals surface area contributed by atoms with Crippen LogP contribution >= 0.6 is 0 Å². The van der Waals surface area contributed by atoms with E-state index in [0.717, 1.165) is 11.1 Å². The molecule has 150 valence electrons. The van der Waals surface area contributed by atoms with Gasteiger partial charge in [-0.3, -0.25) is 10.1 Å². The Hall–Kier alpha value is -3.81. The van der Waals surface area contributed by atoms with E-state index in [0.29, 0.717) is 23.8 Å². The highest BCUT2D eigenvalue weighted by Crippen LogP contribution is 2.38. The Kier molecular flexibility index (Phi) is 6.47. The Labute approximate surface area is 168 Å². The second-order valence-corrected chi connectivity index (χ2v) is 6.03. The molecule has 1 aromatic heterocycles. The molecule has 0 fully saturated rings. The molecule has 0 aliphatic carbocycles. The lowest BCUT2D eigenvalue weighted by Gasteiger charge is -2.12. The maximum atomic E-state index is 12.2. The van der Waals surface area contributed by atoms with E-state index < -0.39 is 0 Å². The normalized spacial score (nSPS) is 10.7. The smallest absolute Gasteiger partial charge is 0.250 e. The highest BCUT2D eigenvalue weighted by Gasteiger charge is 2.12. The van der Waals surface area contributed by atoms with Crippen LogP contribution in [-0.2, 0) is 11.3 Å². The molecule has 0 saturated heterocycles. The Morgan fingerprint density at radius 3 is 2.38 bits per heavy atom. The Balaban J connectivity index is 1.66. The van der Waals surface area contributed by atoms with Crippen LogP contribution < -0.4 is 19.5 Å². The first-order valence-corrected chi connectivity index (χ1v) is 8.85. The monoisotopic (exact) mass is 394 g/mol. The minimum Gasteiger partial charge on any atom is -0.493 e. The molecule has 0 aliphatic rings. The molecule has 0 saturated carbocycles. The van der Waals surface area contributed by atoms with Gasteiger partial charge >= 0.3 is 0 Å². The molecule has 1 N–H and O–H groups in total. The lowest BCUT2D eigenvalue weighted by Crippen LogP contribution is -2.10. The number of hydrogen-bond donors (Lipinski definition) is 1. The maximum Gasteiger partial charge on any atom is 0.250 e. The number of anilines is 1. The summed E-state index contributed by atoms with van der Waals surface area (Å²) in [6.07, 6.45) is 4.60. The van der Waals surface area contributed by atoms with Gasteiger partial charge in [0.1, 0.15) is 6.33 Å². The molecule has 2 aromatic carbocycles. The van der Waals surface area contributed by atoms with Gasteiger partial charge in [0.05, 0.1) is 27.9 Å². The molecule has 8 nitrogen and oxygen atoms in total. The predicted octanol–water partition coefficient (Wildman–Crippen LogP) is 3.00. The number of ether oxygens (including phenoxy) is 3. The van der Waals surface area contributed by atoms with E-state index in [9.17, 15) is 4.79 Å². The van der Waals surface area contributed by atoms with Gasteiger partial charge in [-0.15, -0.1) is 5.10 Å². The second-order valence-electron chi connectivity index (χ2n) is 6.03. The molecule has 0 aliphatic heterocycles. The Morgan fingerprint density at radius 2 is 1.76 bits per heavy atom. The highest BCUT2D eigenvalue weighted by molar-refractivity contribution is 6.00. The number of nitrogens with zero attached hydrogens (tertiary/aromatic N) is 3. The number of carbonyl (C=O) groups excluding carboxylic acids is 1. The number of amides is 1. The number of nitrogens with one attached hydrogen (secondary N) is 1. The van der Waals surface area contributed by atoms with Crippen LogP contribution in [-0.4, -0.2) is 42.0 Å². The van der Waals surface area contributed by atoms with E-state index >= 15 is 0 Å². The van der Waals surface area contributed by atoms with Gasteiger partial charge in [0, 0.05) is 6.08 Å².